The summed E-state index contributed by atoms with van der Waals surface area (Å²) in [6.07, 6.45) is 0.599. The third kappa shape index (κ3) is 2.65. The Morgan fingerprint density at radius 3 is 2.95 bits per heavy atom. The van der Waals surface area contributed by atoms with Crippen molar-refractivity contribution in [1.82, 2.24) is 10.1 Å². The molecule has 0 aliphatic rings. The minimum absolute atomic E-state index is 0.504. The number of methoxy groups -OCH3 is 1. The van der Waals surface area contributed by atoms with Gasteiger partial charge in [0, 0.05) is 6.42 Å². The molecule has 1 aromatic carbocycles. The molecule has 0 atom stereocenters. The fourth-order valence-corrected chi connectivity index (χ4v) is 2.55. The van der Waals surface area contributed by atoms with Crippen LogP contribution in [0.4, 0.5) is 5.00 Å². The van der Waals surface area contributed by atoms with Crippen molar-refractivity contribution in [2.45, 2.75) is 6.42 Å². The number of hydrogen-bond acceptors (Lipinski definition) is 6. The van der Waals surface area contributed by atoms with Crippen molar-refractivity contribution >= 4 is 16.3 Å². The van der Waals surface area contributed by atoms with Crippen LogP contribution in [-0.2, 0) is 6.42 Å². The van der Waals surface area contributed by atoms with Gasteiger partial charge in [0.2, 0.25) is 0 Å². The van der Waals surface area contributed by atoms with Crippen LogP contribution in [0, 0.1) is 0 Å². The fraction of sp³-hybridized carbons (Fsp3) is 0.143. The lowest BCUT2D eigenvalue weighted by molar-refractivity contribution is 0.414. The first-order valence-corrected chi connectivity index (χ1v) is 6.87. The number of hydrogen-bond donors (Lipinski definition) is 1. The predicted molar refractivity (Wildman–Crippen MR) is 77.8 cm³/mol. The molecule has 3 rings (SSSR count). The van der Waals surface area contributed by atoms with Gasteiger partial charge in [-0.05, 0) is 29.8 Å². The van der Waals surface area contributed by atoms with E-state index in [1.807, 2.05) is 36.4 Å². The number of nitrogens with zero attached hydrogens (tertiary/aromatic N) is 2. The van der Waals surface area contributed by atoms with Crippen LogP contribution in [0.1, 0.15) is 11.4 Å². The quantitative estimate of drug-likeness (QED) is 0.798. The van der Waals surface area contributed by atoms with E-state index in [9.17, 15) is 0 Å². The maximum Gasteiger partial charge on any atom is 0.268 e. The molecule has 6 heteroatoms. The van der Waals surface area contributed by atoms with E-state index in [-0.39, 0.29) is 0 Å². The first-order valence-electron chi connectivity index (χ1n) is 6.06. The van der Waals surface area contributed by atoms with E-state index in [0.29, 0.717) is 18.1 Å². The number of nitrogen functional groups attached to an aromatic ring is 1. The first kappa shape index (κ1) is 12.7. The molecule has 2 aromatic heterocycles. The van der Waals surface area contributed by atoms with Crippen LogP contribution < -0.4 is 10.5 Å². The lowest BCUT2D eigenvalue weighted by Crippen LogP contribution is -1.92. The molecule has 0 bridgehead atoms. The van der Waals surface area contributed by atoms with Gasteiger partial charge in [0.05, 0.1) is 17.0 Å². The van der Waals surface area contributed by atoms with E-state index in [1.54, 1.807) is 7.11 Å². The molecular weight excluding hydrogens is 274 g/mol. The fourth-order valence-electron chi connectivity index (χ4n) is 1.86. The minimum atomic E-state index is 0.504. The number of aromatic nitrogens is 2. The Kier molecular flexibility index (Phi) is 3.39. The maximum atomic E-state index is 5.69. The van der Waals surface area contributed by atoms with Crippen molar-refractivity contribution < 1.29 is 9.26 Å². The van der Waals surface area contributed by atoms with Crippen LogP contribution in [0.2, 0.25) is 0 Å². The number of anilines is 1. The van der Waals surface area contributed by atoms with Gasteiger partial charge in [-0.1, -0.05) is 17.3 Å². The van der Waals surface area contributed by atoms with E-state index < -0.39 is 0 Å². The zero-order valence-electron chi connectivity index (χ0n) is 10.9. The molecule has 0 amide bonds. The average molecular weight is 287 g/mol. The highest BCUT2D eigenvalue weighted by Gasteiger charge is 2.11. The minimum Gasteiger partial charge on any atom is -0.497 e. The second-order valence-corrected chi connectivity index (χ2v) is 5.36. The molecule has 20 heavy (non-hydrogen) atoms. The maximum absolute atomic E-state index is 5.69. The van der Waals surface area contributed by atoms with Crippen LogP contribution in [0.25, 0.3) is 10.8 Å². The van der Waals surface area contributed by atoms with Crippen LogP contribution in [0.15, 0.2) is 40.9 Å². The van der Waals surface area contributed by atoms with E-state index in [2.05, 4.69) is 10.1 Å². The lowest BCUT2D eigenvalue weighted by atomic mass is 10.1. The Morgan fingerprint density at radius 1 is 1.30 bits per heavy atom. The Labute approximate surface area is 120 Å². The molecule has 0 unspecified atom stereocenters. The summed E-state index contributed by atoms with van der Waals surface area (Å²) in [7, 11) is 1.65. The number of ether oxygens (including phenoxy) is 1. The summed E-state index contributed by atoms with van der Waals surface area (Å²) < 4.78 is 10.4. The van der Waals surface area contributed by atoms with Gasteiger partial charge in [0.15, 0.2) is 5.82 Å². The van der Waals surface area contributed by atoms with Gasteiger partial charge in [-0.2, -0.15) is 4.98 Å². The monoisotopic (exact) mass is 287 g/mol. The van der Waals surface area contributed by atoms with Gasteiger partial charge in [0.25, 0.3) is 5.89 Å². The molecular formula is C14H13N3O2S. The van der Waals surface area contributed by atoms with Gasteiger partial charge in [-0.25, -0.2) is 0 Å². The summed E-state index contributed by atoms with van der Waals surface area (Å²) in [5.41, 5.74) is 6.76. The Bertz CT molecular complexity index is 721. The van der Waals surface area contributed by atoms with Crippen LogP contribution >= 0.6 is 11.3 Å². The summed E-state index contributed by atoms with van der Waals surface area (Å²) in [5, 5.41) is 4.72. The Morgan fingerprint density at radius 2 is 2.20 bits per heavy atom. The van der Waals surface area contributed by atoms with Crippen molar-refractivity contribution in [3.63, 3.8) is 0 Å². The zero-order chi connectivity index (χ0) is 13.9. The first-order chi connectivity index (χ1) is 9.74. The topological polar surface area (TPSA) is 74.2 Å². The average Bonchev–Trinajstić information content (AvgIpc) is 3.08. The molecule has 2 N–H and O–H groups in total. The predicted octanol–water partition coefficient (Wildman–Crippen LogP) is 2.98. The number of rotatable bonds is 4. The smallest absolute Gasteiger partial charge is 0.268 e. The SMILES string of the molecule is COc1cccc(Cc2noc(-c3ccc(N)s3)n2)c1. The molecule has 0 saturated heterocycles. The molecule has 0 spiro atoms. The number of benzene rings is 1. The Balaban J connectivity index is 1.80. The second-order valence-electron chi connectivity index (χ2n) is 4.25. The molecule has 0 saturated carbocycles. The van der Waals surface area contributed by atoms with Crippen molar-refractivity contribution in [3.8, 4) is 16.5 Å². The van der Waals surface area contributed by atoms with Crippen molar-refractivity contribution in [3.05, 3.63) is 47.8 Å². The van der Waals surface area contributed by atoms with Gasteiger partial charge >= 0.3 is 0 Å². The molecule has 3 aromatic rings. The van der Waals surface area contributed by atoms with Crippen molar-refractivity contribution in [2.75, 3.05) is 12.8 Å². The molecule has 0 radical (unpaired) electrons. The zero-order valence-corrected chi connectivity index (χ0v) is 11.7. The highest BCUT2D eigenvalue weighted by molar-refractivity contribution is 7.19. The van der Waals surface area contributed by atoms with Crippen LogP contribution in [0.5, 0.6) is 5.75 Å². The van der Waals surface area contributed by atoms with E-state index in [1.165, 1.54) is 11.3 Å². The lowest BCUT2D eigenvalue weighted by Gasteiger charge is -2.01. The summed E-state index contributed by atoms with van der Waals surface area (Å²) in [5.74, 6) is 1.96. The van der Waals surface area contributed by atoms with Crippen LogP contribution in [-0.4, -0.2) is 17.3 Å². The Hall–Kier alpha value is -2.34. The van der Waals surface area contributed by atoms with E-state index >= 15 is 0 Å². The summed E-state index contributed by atoms with van der Waals surface area (Å²) in [6.45, 7) is 0. The van der Waals surface area contributed by atoms with Gasteiger partial charge in [-0.3, -0.25) is 0 Å². The molecule has 0 aliphatic carbocycles. The molecule has 2 heterocycles. The second kappa shape index (κ2) is 5.34. The largest absolute Gasteiger partial charge is 0.497 e. The number of thiophene rings is 1. The third-order valence-corrected chi connectivity index (χ3v) is 3.70. The van der Waals surface area contributed by atoms with Crippen molar-refractivity contribution in [1.29, 1.82) is 0 Å². The summed E-state index contributed by atoms with van der Waals surface area (Å²) >= 11 is 1.43. The standard InChI is InChI=1S/C14H13N3O2S/c1-18-10-4-2-3-9(7-10)8-13-16-14(19-17-13)11-5-6-12(15)20-11/h2-7H,8,15H2,1H3. The number of nitrogens with two attached hydrogens (primary N) is 1. The normalized spacial score (nSPS) is 10.7. The summed E-state index contributed by atoms with van der Waals surface area (Å²) in [4.78, 5) is 5.26. The molecule has 0 fully saturated rings. The summed E-state index contributed by atoms with van der Waals surface area (Å²) in [6, 6.07) is 11.5. The van der Waals surface area contributed by atoms with E-state index in [4.69, 9.17) is 15.0 Å². The van der Waals surface area contributed by atoms with E-state index in [0.717, 1.165) is 21.2 Å². The molecule has 0 aliphatic heterocycles. The van der Waals surface area contributed by atoms with Crippen molar-refractivity contribution in [2.24, 2.45) is 0 Å². The highest BCUT2D eigenvalue weighted by Crippen LogP contribution is 2.28. The van der Waals surface area contributed by atoms with Gasteiger partial charge < -0.3 is 15.0 Å². The molecule has 102 valence electrons. The molecule has 5 nitrogen and oxygen atoms in total. The van der Waals surface area contributed by atoms with Crippen LogP contribution in [0.3, 0.4) is 0 Å². The third-order valence-electron chi connectivity index (χ3n) is 2.80. The van der Waals surface area contributed by atoms with Gasteiger partial charge in [0.1, 0.15) is 5.75 Å². The van der Waals surface area contributed by atoms with Gasteiger partial charge in [-0.15, -0.1) is 11.3 Å². The highest BCUT2D eigenvalue weighted by atomic mass is 32.1.